The van der Waals surface area contributed by atoms with Gasteiger partial charge in [0.25, 0.3) is 0 Å². The van der Waals surface area contributed by atoms with E-state index in [1.165, 1.54) is 18.2 Å². The van der Waals surface area contributed by atoms with Crippen LogP contribution in [0.5, 0.6) is 0 Å². The molecule has 0 radical (unpaired) electrons. The predicted molar refractivity (Wildman–Crippen MR) is 100 cm³/mol. The van der Waals surface area contributed by atoms with E-state index in [2.05, 4.69) is 25.0 Å². The summed E-state index contributed by atoms with van der Waals surface area (Å²) in [6, 6.07) is 3.35. The molecule has 1 N–H and O–H groups in total. The van der Waals surface area contributed by atoms with Gasteiger partial charge in [0.05, 0.1) is 5.75 Å². The topological polar surface area (TPSA) is 63.1 Å². The van der Waals surface area contributed by atoms with E-state index in [0.717, 1.165) is 68.1 Å². The Morgan fingerprint density at radius 1 is 1.11 bits per heavy atom. The normalized spacial score (nSPS) is 17.2. The molecular weight excluding hydrogens is 372 g/mol. The van der Waals surface area contributed by atoms with Crippen LogP contribution in [0.15, 0.2) is 23.4 Å². The van der Waals surface area contributed by atoms with E-state index in [1.807, 2.05) is 0 Å². The van der Waals surface area contributed by atoms with Crippen molar-refractivity contribution < 1.29 is 13.6 Å². The molecule has 1 aliphatic carbocycles. The van der Waals surface area contributed by atoms with Crippen LogP contribution in [0.4, 0.5) is 20.4 Å². The molecule has 4 rings (SSSR count). The van der Waals surface area contributed by atoms with Gasteiger partial charge in [-0.15, -0.1) is 10.2 Å². The van der Waals surface area contributed by atoms with E-state index in [4.69, 9.17) is 0 Å². The van der Waals surface area contributed by atoms with E-state index >= 15 is 0 Å². The van der Waals surface area contributed by atoms with Crippen LogP contribution in [-0.2, 0) is 4.79 Å². The summed E-state index contributed by atoms with van der Waals surface area (Å²) in [5.74, 6) is -0.791. The quantitative estimate of drug-likeness (QED) is 0.760. The van der Waals surface area contributed by atoms with Crippen molar-refractivity contribution in [1.29, 1.82) is 0 Å². The second kappa shape index (κ2) is 7.84. The van der Waals surface area contributed by atoms with E-state index in [-0.39, 0.29) is 17.3 Å². The van der Waals surface area contributed by atoms with Crippen LogP contribution in [0.3, 0.4) is 0 Å². The van der Waals surface area contributed by atoms with Crippen LogP contribution in [0.25, 0.3) is 0 Å². The van der Waals surface area contributed by atoms with Gasteiger partial charge in [0.15, 0.2) is 5.16 Å². The second-order valence-electron chi connectivity index (χ2n) is 6.93. The van der Waals surface area contributed by atoms with Crippen LogP contribution in [-0.4, -0.2) is 39.5 Å². The average molecular weight is 393 g/mol. The minimum atomic E-state index is -0.724. The molecule has 0 atom stereocenters. The van der Waals surface area contributed by atoms with Gasteiger partial charge in [-0.25, -0.2) is 8.78 Å². The number of benzene rings is 1. The highest BCUT2D eigenvalue weighted by atomic mass is 32.2. The molecule has 0 unspecified atom stereocenters. The number of hydrogen-bond acceptors (Lipinski definition) is 5. The predicted octanol–water partition coefficient (Wildman–Crippen LogP) is 3.61. The fraction of sp³-hybridized carbons (Fsp3) is 0.500. The van der Waals surface area contributed by atoms with Crippen molar-refractivity contribution in [2.24, 2.45) is 0 Å². The van der Waals surface area contributed by atoms with Crippen molar-refractivity contribution >= 4 is 29.3 Å². The fourth-order valence-electron chi connectivity index (χ4n) is 3.28. The molecule has 1 aliphatic heterocycles. The highest BCUT2D eigenvalue weighted by Crippen LogP contribution is 2.41. The first-order valence-corrected chi connectivity index (χ1v) is 10.2. The molecule has 1 saturated heterocycles. The molecule has 2 heterocycles. The number of hydrogen-bond donors (Lipinski definition) is 1. The number of rotatable bonds is 6. The summed E-state index contributed by atoms with van der Waals surface area (Å²) in [7, 11) is 0. The highest BCUT2D eigenvalue weighted by molar-refractivity contribution is 7.99. The molecule has 9 heteroatoms. The average Bonchev–Trinajstić information content (AvgIpc) is 3.39. The number of nitrogens with one attached hydrogen (secondary N) is 1. The summed E-state index contributed by atoms with van der Waals surface area (Å²) >= 11 is 1.30. The van der Waals surface area contributed by atoms with Crippen molar-refractivity contribution in [3.8, 4) is 0 Å². The molecule has 2 aromatic rings. The van der Waals surface area contributed by atoms with Gasteiger partial charge < -0.3 is 10.2 Å². The maximum absolute atomic E-state index is 13.2. The van der Waals surface area contributed by atoms with Crippen LogP contribution in [0.1, 0.15) is 38.1 Å². The Morgan fingerprint density at radius 2 is 1.81 bits per heavy atom. The van der Waals surface area contributed by atoms with Crippen molar-refractivity contribution in [3.05, 3.63) is 29.8 Å². The smallest absolute Gasteiger partial charge is 0.234 e. The first-order valence-electron chi connectivity index (χ1n) is 9.19. The van der Waals surface area contributed by atoms with Gasteiger partial charge in [0.1, 0.15) is 11.6 Å². The number of thioether (sulfide) groups is 1. The van der Waals surface area contributed by atoms with Gasteiger partial charge in [-0.05, 0) is 44.2 Å². The van der Waals surface area contributed by atoms with Gasteiger partial charge in [-0.1, -0.05) is 11.8 Å². The summed E-state index contributed by atoms with van der Waals surface area (Å²) in [5, 5.41) is 11.9. The number of carbonyl (C=O) groups is 1. The molecule has 0 bridgehead atoms. The number of amides is 1. The van der Waals surface area contributed by atoms with Crippen LogP contribution in [0, 0.1) is 11.6 Å². The Morgan fingerprint density at radius 3 is 2.48 bits per heavy atom. The minimum Gasteiger partial charge on any atom is -0.341 e. The summed E-state index contributed by atoms with van der Waals surface area (Å²) in [6.07, 6.45) is 5.76. The zero-order valence-electron chi connectivity index (χ0n) is 14.8. The molecule has 1 amide bonds. The first-order chi connectivity index (χ1) is 13.1. The molecule has 2 fully saturated rings. The van der Waals surface area contributed by atoms with E-state index in [9.17, 15) is 13.6 Å². The van der Waals surface area contributed by atoms with E-state index < -0.39 is 11.6 Å². The SMILES string of the molecule is O=C(CSc1nnc(N2CCCCC2)n1C1CC1)Nc1cc(F)cc(F)c1. The molecular formula is C18H21F2N5OS. The van der Waals surface area contributed by atoms with Crippen molar-refractivity contribution in [2.45, 2.75) is 43.3 Å². The molecule has 2 aliphatic rings. The second-order valence-corrected chi connectivity index (χ2v) is 7.87. The maximum atomic E-state index is 13.2. The summed E-state index contributed by atoms with van der Waals surface area (Å²) in [6.45, 7) is 1.97. The largest absolute Gasteiger partial charge is 0.341 e. The molecule has 1 aromatic carbocycles. The van der Waals surface area contributed by atoms with Crippen LogP contribution >= 0.6 is 11.8 Å². The molecule has 0 spiro atoms. The standard InChI is InChI=1S/C18H21F2N5OS/c19-12-8-13(20)10-14(9-12)21-16(26)11-27-18-23-22-17(25(18)15-4-5-15)24-6-2-1-3-7-24/h8-10,15H,1-7,11H2,(H,21,26). The fourth-order valence-corrected chi connectivity index (χ4v) is 4.08. The molecule has 1 aromatic heterocycles. The number of aromatic nitrogens is 3. The Hall–Kier alpha value is -2.16. The third-order valence-electron chi connectivity index (χ3n) is 4.68. The lowest BCUT2D eigenvalue weighted by Crippen LogP contribution is -2.32. The van der Waals surface area contributed by atoms with Gasteiger partial charge >= 0.3 is 0 Å². The van der Waals surface area contributed by atoms with Crippen molar-refractivity contribution in [2.75, 3.05) is 29.1 Å². The van der Waals surface area contributed by atoms with Crippen molar-refractivity contribution in [3.63, 3.8) is 0 Å². The first kappa shape index (κ1) is 18.2. The summed E-state index contributed by atoms with van der Waals surface area (Å²) in [4.78, 5) is 14.4. The summed E-state index contributed by atoms with van der Waals surface area (Å²) < 4.78 is 28.6. The Bertz CT molecular complexity index is 813. The maximum Gasteiger partial charge on any atom is 0.234 e. The molecule has 6 nitrogen and oxygen atoms in total. The van der Waals surface area contributed by atoms with E-state index in [0.29, 0.717) is 6.04 Å². The molecule has 144 valence electrons. The van der Waals surface area contributed by atoms with Crippen molar-refractivity contribution in [1.82, 2.24) is 14.8 Å². The monoisotopic (exact) mass is 393 g/mol. The van der Waals surface area contributed by atoms with Gasteiger partial charge in [-0.3, -0.25) is 9.36 Å². The number of carbonyl (C=O) groups excluding carboxylic acids is 1. The summed E-state index contributed by atoms with van der Waals surface area (Å²) in [5.41, 5.74) is 0.107. The zero-order chi connectivity index (χ0) is 18.8. The minimum absolute atomic E-state index is 0.100. The Kier molecular flexibility index (Phi) is 5.29. The lowest BCUT2D eigenvalue weighted by Gasteiger charge is -2.27. The lowest BCUT2D eigenvalue weighted by molar-refractivity contribution is -0.113. The number of halogens is 2. The molecule has 1 saturated carbocycles. The third-order valence-corrected chi connectivity index (χ3v) is 5.62. The highest BCUT2D eigenvalue weighted by Gasteiger charge is 2.32. The zero-order valence-corrected chi connectivity index (χ0v) is 15.6. The Labute approximate surface area is 160 Å². The van der Waals surface area contributed by atoms with Crippen LogP contribution in [0.2, 0.25) is 0 Å². The third kappa shape index (κ3) is 4.40. The molecule has 27 heavy (non-hydrogen) atoms. The van der Waals surface area contributed by atoms with E-state index in [1.54, 1.807) is 0 Å². The van der Waals surface area contributed by atoms with Gasteiger partial charge in [0.2, 0.25) is 11.9 Å². The van der Waals surface area contributed by atoms with Gasteiger partial charge in [-0.2, -0.15) is 0 Å². The lowest BCUT2D eigenvalue weighted by atomic mass is 10.1. The Balaban J connectivity index is 1.42. The van der Waals surface area contributed by atoms with Gasteiger partial charge in [0, 0.05) is 30.9 Å². The van der Waals surface area contributed by atoms with Crippen LogP contribution < -0.4 is 10.2 Å². The number of anilines is 2. The number of nitrogens with zero attached hydrogens (tertiary/aromatic N) is 4. The number of piperidine rings is 1.